The number of unbranched alkanes of at least 4 members (excludes halogenated alkanes) is 2. The molecule has 0 aromatic heterocycles. The van der Waals surface area contributed by atoms with E-state index in [0.717, 1.165) is 36.8 Å². The van der Waals surface area contributed by atoms with E-state index in [0.29, 0.717) is 58.0 Å². The summed E-state index contributed by atoms with van der Waals surface area (Å²) < 4.78 is 53.2. The van der Waals surface area contributed by atoms with Crippen LogP contribution >= 0.6 is 0 Å². The summed E-state index contributed by atoms with van der Waals surface area (Å²) in [5, 5.41) is 23.2. The lowest BCUT2D eigenvalue weighted by atomic mass is 9.69. The summed E-state index contributed by atoms with van der Waals surface area (Å²) in [6.07, 6.45) is 4.71. The van der Waals surface area contributed by atoms with Gasteiger partial charge < -0.3 is 21.7 Å². The molecule has 2 aliphatic rings. The maximum Gasteiger partial charge on any atom is 0.179 e. The molecule has 0 aliphatic carbocycles. The molecular formula is C44H58N2O6S2. The largest absolute Gasteiger partial charge is 0.399 e. The Kier molecular flexibility index (Phi) is 13.0. The fourth-order valence-corrected chi connectivity index (χ4v) is 13.3. The Morgan fingerprint density at radius 2 is 0.926 bits per heavy atom. The first-order valence-electron chi connectivity index (χ1n) is 19.4. The number of aliphatic hydroxyl groups excluding tert-OH is 2. The summed E-state index contributed by atoms with van der Waals surface area (Å²) in [7, 11) is -7.07. The van der Waals surface area contributed by atoms with Crippen molar-refractivity contribution >= 4 is 31.0 Å². The topological polar surface area (TPSA) is 161 Å². The van der Waals surface area contributed by atoms with Gasteiger partial charge in [0.25, 0.3) is 0 Å². The van der Waals surface area contributed by atoms with Gasteiger partial charge in [0, 0.05) is 34.0 Å². The number of nitrogens with two attached hydrogens (primary N) is 2. The van der Waals surface area contributed by atoms with Crippen LogP contribution < -0.4 is 11.5 Å². The van der Waals surface area contributed by atoms with Gasteiger partial charge in [0.15, 0.2) is 19.7 Å². The van der Waals surface area contributed by atoms with Crippen molar-refractivity contribution in [3.05, 3.63) is 119 Å². The second kappa shape index (κ2) is 17.0. The molecule has 6 atom stereocenters. The lowest BCUT2D eigenvalue weighted by molar-refractivity contribution is 0.0173. The summed E-state index contributed by atoms with van der Waals surface area (Å²) in [4.78, 5) is 0.604. The van der Waals surface area contributed by atoms with Crippen molar-refractivity contribution < 1.29 is 27.0 Å². The molecule has 0 fully saturated rings. The molecule has 292 valence electrons. The third-order valence-electron chi connectivity index (χ3n) is 12.0. The second-order valence-electron chi connectivity index (χ2n) is 15.4. The zero-order chi connectivity index (χ0) is 39.3. The highest BCUT2D eigenvalue weighted by molar-refractivity contribution is 7.91. The molecule has 0 spiro atoms. The van der Waals surface area contributed by atoms with E-state index in [9.17, 15) is 27.0 Å². The van der Waals surface area contributed by atoms with E-state index >= 15 is 0 Å². The van der Waals surface area contributed by atoms with E-state index in [1.54, 1.807) is 36.4 Å². The minimum Gasteiger partial charge on any atom is -0.399 e. The Bertz CT molecular complexity index is 1940. The van der Waals surface area contributed by atoms with Crippen LogP contribution in [-0.4, -0.2) is 50.8 Å². The summed E-state index contributed by atoms with van der Waals surface area (Å²) in [5.41, 5.74) is 14.7. The minimum absolute atomic E-state index is 0.0298. The van der Waals surface area contributed by atoms with Crippen LogP contribution in [0.2, 0.25) is 0 Å². The molecule has 0 saturated heterocycles. The van der Waals surface area contributed by atoms with Crippen molar-refractivity contribution in [3.63, 3.8) is 0 Å². The Morgan fingerprint density at radius 3 is 1.24 bits per heavy atom. The molecule has 2 heterocycles. The fraction of sp³-hybridized carbons (Fsp3) is 0.455. The Morgan fingerprint density at radius 1 is 0.574 bits per heavy atom. The zero-order valence-electron chi connectivity index (χ0n) is 32.1. The maximum atomic E-state index is 13.3. The number of nitrogen functional groups attached to an aromatic ring is 2. The fourth-order valence-electron chi connectivity index (χ4n) is 8.84. The summed E-state index contributed by atoms with van der Waals surface area (Å²) in [5.74, 6) is -0.895. The molecule has 0 bridgehead atoms. The van der Waals surface area contributed by atoms with E-state index in [-0.39, 0.29) is 11.5 Å². The molecule has 0 radical (unpaired) electrons. The number of benzene rings is 4. The van der Waals surface area contributed by atoms with Crippen LogP contribution in [0.4, 0.5) is 11.4 Å². The molecule has 10 heteroatoms. The van der Waals surface area contributed by atoms with E-state index in [4.69, 9.17) is 11.5 Å². The molecule has 4 aromatic rings. The third kappa shape index (κ3) is 8.27. The van der Waals surface area contributed by atoms with Crippen molar-refractivity contribution in [3.8, 4) is 0 Å². The number of fused-ring (bicyclic) bond motifs is 2. The van der Waals surface area contributed by atoms with Gasteiger partial charge in [-0.15, -0.1) is 0 Å². The van der Waals surface area contributed by atoms with E-state index in [1.807, 2.05) is 74.5 Å². The van der Waals surface area contributed by atoms with Crippen molar-refractivity contribution in [1.82, 2.24) is 0 Å². The smallest absolute Gasteiger partial charge is 0.179 e. The monoisotopic (exact) mass is 774 g/mol. The molecule has 6 N–H and O–H groups in total. The molecule has 54 heavy (non-hydrogen) atoms. The summed E-state index contributed by atoms with van der Waals surface area (Å²) >= 11 is 0. The van der Waals surface area contributed by atoms with E-state index < -0.39 is 54.5 Å². The van der Waals surface area contributed by atoms with Crippen LogP contribution in [0.25, 0.3) is 0 Å². The van der Waals surface area contributed by atoms with E-state index in [2.05, 4.69) is 13.8 Å². The summed E-state index contributed by atoms with van der Waals surface area (Å²) in [6.45, 7) is 8.15. The number of sulfone groups is 2. The highest BCUT2D eigenvalue weighted by Gasteiger charge is 2.50. The van der Waals surface area contributed by atoms with Gasteiger partial charge in [-0.05, 0) is 84.3 Å². The quantitative estimate of drug-likeness (QED) is 0.117. The van der Waals surface area contributed by atoms with E-state index in [1.165, 1.54) is 0 Å². The Hall–Kier alpha value is -3.70. The summed E-state index contributed by atoms with van der Waals surface area (Å²) in [6, 6.07) is 29.3. The molecule has 6 rings (SSSR count). The molecule has 8 nitrogen and oxygen atoms in total. The van der Waals surface area contributed by atoms with Gasteiger partial charge in [0.2, 0.25) is 0 Å². The highest BCUT2D eigenvalue weighted by Crippen LogP contribution is 2.50. The SMILES string of the molecule is CCCC[C@]1(CC)CS(=O)(=O)c2ccc(N)cc2[C@@H](c2ccccc2)[C@H]1O.CCCC[C@]1(CC)CS(=O)(=O)c2ccc(N)cc2[C@H](c2ccccc2)[C@@H]1O. The minimum atomic E-state index is -3.53. The Labute approximate surface area is 322 Å². The van der Waals surface area contributed by atoms with Crippen LogP contribution in [0.3, 0.4) is 0 Å². The number of rotatable bonds is 10. The average Bonchev–Trinajstić information content (AvgIpc) is 3.27. The van der Waals surface area contributed by atoms with Crippen molar-refractivity contribution in [2.24, 2.45) is 10.8 Å². The van der Waals surface area contributed by atoms with Gasteiger partial charge in [-0.3, -0.25) is 0 Å². The van der Waals surface area contributed by atoms with Crippen LogP contribution in [0, 0.1) is 10.8 Å². The van der Waals surface area contributed by atoms with Crippen molar-refractivity contribution in [1.29, 1.82) is 0 Å². The molecular weight excluding hydrogens is 717 g/mol. The molecule has 0 amide bonds. The number of aliphatic hydroxyl groups is 2. The number of anilines is 2. The first kappa shape index (κ1) is 41.5. The molecule has 4 aromatic carbocycles. The predicted octanol–water partition coefficient (Wildman–Crippen LogP) is 8.27. The third-order valence-corrected chi connectivity index (χ3v) is 16.0. The predicted molar refractivity (Wildman–Crippen MR) is 219 cm³/mol. The van der Waals surface area contributed by atoms with Crippen LogP contribution in [-0.2, 0) is 19.7 Å². The van der Waals surface area contributed by atoms with Gasteiger partial charge in [-0.1, -0.05) is 114 Å². The molecule has 2 aliphatic heterocycles. The zero-order valence-corrected chi connectivity index (χ0v) is 33.7. The van der Waals surface area contributed by atoms with Crippen LogP contribution in [0.15, 0.2) is 107 Å². The second-order valence-corrected chi connectivity index (χ2v) is 19.3. The first-order valence-corrected chi connectivity index (χ1v) is 22.7. The van der Waals surface area contributed by atoms with Gasteiger partial charge in [-0.25, -0.2) is 16.8 Å². The normalized spacial score (nSPS) is 26.9. The molecule has 0 unspecified atom stereocenters. The van der Waals surface area contributed by atoms with Gasteiger partial charge in [0.1, 0.15) is 0 Å². The Balaban J connectivity index is 0.000000208. The standard InChI is InChI=1S/2C22H29NO3S/c2*1-3-5-13-22(4-2)15-27(25,26)19-12-11-17(23)14-18(19)20(21(22)24)16-9-7-6-8-10-16/h2*6-12,14,20-21,24H,3-5,13,15,23H2,1-2H3/t20-,21-,22+;20-,21-,22-/m01/s1. The van der Waals surface area contributed by atoms with Crippen molar-refractivity contribution in [2.45, 2.75) is 113 Å². The number of hydrogen-bond acceptors (Lipinski definition) is 8. The van der Waals surface area contributed by atoms with Crippen LogP contribution in [0.5, 0.6) is 0 Å². The lowest BCUT2D eigenvalue weighted by Gasteiger charge is -2.39. The first-order chi connectivity index (χ1) is 25.7. The van der Waals surface area contributed by atoms with Crippen molar-refractivity contribution in [2.75, 3.05) is 23.0 Å². The van der Waals surface area contributed by atoms with Gasteiger partial charge in [0.05, 0.1) is 33.5 Å². The van der Waals surface area contributed by atoms with Gasteiger partial charge >= 0.3 is 0 Å². The average molecular weight is 775 g/mol. The van der Waals surface area contributed by atoms with Crippen LogP contribution in [0.1, 0.15) is 113 Å². The maximum absolute atomic E-state index is 13.3. The molecule has 0 saturated carbocycles. The van der Waals surface area contributed by atoms with Gasteiger partial charge in [-0.2, -0.15) is 0 Å². The number of hydrogen-bond donors (Lipinski definition) is 4. The lowest BCUT2D eigenvalue weighted by Crippen LogP contribution is -2.42. The highest BCUT2D eigenvalue weighted by atomic mass is 32.2.